The summed E-state index contributed by atoms with van der Waals surface area (Å²) in [5, 5.41) is 0. The van der Waals surface area contributed by atoms with Crippen molar-refractivity contribution in [3.8, 4) is 0 Å². The molecular weight excluding hydrogens is 265 g/mol. The smallest absolute Gasteiger partial charge is 0.168 e. The molecule has 0 fully saturated rings. The molecule has 20 heavy (non-hydrogen) atoms. The van der Waals surface area contributed by atoms with Crippen molar-refractivity contribution in [2.45, 2.75) is 13.8 Å². The summed E-state index contributed by atoms with van der Waals surface area (Å²) in [4.78, 5) is 3.63. The first-order chi connectivity index (χ1) is 9.27. The second kappa shape index (κ2) is 6.23. The van der Waals surface area contributed by atoms with Gasteiger partial charge in [0, 0.05) is 11.6 Å². The number of pyridine rings is 1. The van der Waals surface area contributed by atoms with Crippen molar-refractivity contribution in [1.29, 1.82) is 0 Å². The van der Waals surface area contributed by atoms with E-state index in [9.17, 15) is 13.2 Å². The van der Waals surface area contributed by atoms with Gasteiger partial charge in [-0.1, -0.05) is 18.7 Å². The molecule has 0 atom stereocenters. The quantitative estimate of drug-likeness (QED) is 0.834. The Morgan fingerprint density at radius 3 is 2.40 bits per heavy atom. The molecule has 0 saturated carbocycles. The second-order valence-electron chi connectivity index (χ2n) is 4.31. The molecule has 1 heterocycles. The number of hydrogen-bond acceptors (Lipinski definition) is 2. The Morgan fingerprint density at radius 1 is 1.30 bits per heavy atom. The zero-order valence-corrected chi connectivity index (χ0v) is 11.3. The van der Waals surface area contributed by atoms with Crippen LogP contribution >= 0.6 is 0 Å². The summed E-state index contributed by atoms with van der Waals surface area (Å²) in [6.45, 7) is 10.4. The molecule has 0 aliphatic rings. The van der Waals surface area contributed by atoms with E-state index >= 15 is 0 Å². The minimum absolute atomic E-state index is 0.117. The third-order valence-corrected chi connectivity index (χ3v) is 2.58. The summed E-state index contributed by atoms with van der Waals surface area (Å²) in [7, 11) is 0. The molecule has 0 aromatic carbocycles. The Labute approximate surface area is 115 Å². The average molecular weight is 280 g/mol. The van der Waals surface area contributed by atoms with Crippen molar-refractivity contribution in [3.05, 3.63) is 65.7 Å². The molecule has 0 spiro atoms. The minimum Gasteiger partial charge on any atom is -0.381 e. The molecule has 106 valence electrons. The highest BCUT2D eigenvalue weighted by atomic mass is 19.1. The summed E-state index contributed by atoms with van der Waals surface area (Å²) in [6.07, 6.45) is 2.17. The zero-order valence-electron chi connectivity index (χ0n) is 11.3. The Balaban J connectivity index is 3.39. The maximum absolute atomic E-state index is 13.7. The van der Waals surface area contributed by atoms with E-state index in [1.54, 1.807) is 13.8 Å². The molecule has 0 unspecified atom stereocenters. The van der Waals surface area contributed by atoms with E-state index in [0.29, 0.717) is 17.2 Å². The molecule has 2 nitrogen and oxygen atoms in total. The third-order valence-electron chi connectivity index (χ3n) is 2.58. The fourth-order valence-corrected chi connectivity index (χ4v) is 1.55. The number of allylic oxidation sites excluding steroid dienone is 6. The molecule has 1 rings (SSSR count). The van der Waals surface area contributed by atoms with Crippen LogP contribution in [0.5, 0.6) is 0 Å². The van der Waals surface area contributed by atoms with Crippen molar-refractivity contribution in [2.24, 2.45) is 0 Å². The molecular formula is C15H15F3N2. The summed E-state index contributed by atoms with van der Waals surface area (Å²) < 4.78 is 40.2. The van der Waals surface area contributed by atoms with Crippen LogP contribution in [0.1, 0.15) is 19.5 Å². The number of nitrogen functional groups attached to an aromatic ring is 1. The fraction of sp³-hybridized carbons (Fsp3) is 0.133. The van der Waals surface area contributed by atoms with Gasteiger partial charge in [-0.2, -0.15) is 0 Å². The van der Waals surface area contributed by atoms with Gasteiger partial charge in [-0.15, -0.1) is 0 Å². The van der Waals surface area contributed by atoms with Crippen LogP contribution in [-0.2, 0) is 0 Å². The standard InChI is InChI=1S/C15H15F3N2/c1-5-10(16)6-11(8(2)3)9(4)14-12(17)7-13(18)15(19)20-14/h5-7H,1,4H2,2-3H3,(H2,19,20). The maximum atomic E-state index is 13.7. The van der Waals surface area contributed by atoms with Gasteiger partial charge in [-0.25, -0.2) is 18.2 Å². The lowest BCUT2D eigenvalue weighted by atomic mass is 9.98. The molecule has 0 bridgehead atoms. The highest BCUT2D eigenvalue weighted by Gasteiger charge is 2.15. The first-order valence-corrected chi connectivity index (χ1v) is 5.76. The van der Waals surface area contributed by atoms with Crippen LogP contribution in [0.25, 0.3) is 5.57 Å². The van der Waals surface area contributed by atoms with Crippen LogP contribution in [0.2, 0.25) is 0 Å². The van der Waals surface area contributed by atoms with Gasteiger partial charge in [0.15, 0.2) is 17.5 Å². The second-order valence-corrected chi connectivity index (χ2v) is 4.31. The average Bonchev–Trinajstić information content (AvgIpc) is 2.38. The van der Waals surface area contributed by atoms with E-state index in [1.807, 2.05) is 0 Å². The van der Waals surface area contributed by atoms with Crippen LogP contribution in [0.15, 0.2) is 48.3 Å². The molecule has 1 aromatic heterocycles. The predicted octanol–water partition coefficient (Wildman–Crippen LogP) is 4.33. The molecule has 0 radical (unpaired) electrons. The van der Waals surface area contributed by atoms with Gasteiger partial charge in [0.05, 0.1) is 0 Å². The Kier molecular flexibility index (Phi) is 4.91. The first kappa shape index (κ1) is 15.8. The number of anilines is 1. The monoisotopic (exact) mass is 280 g/mol. The van der Waals surface area contributed by atoms with E-state index in [4.69, 9.17) is 5.73 Å². The summed E-state index contributed by atoms with van der Waals surface area (Å²) in [6, 6.07) is 0.624. The first-order valence-electron chi connectivity index (χ1n) is 5.76. The Bertz CT molecular complexity index is 624. The Hall–Kier alpha value is -2.30. The van der Waals surface area contributed by atoms with Crippen LogP contribution in [0, 0.1) is 11.6 Å². The normalized spacial score (nSPS) is 11.2. The van der Waals surface area contributed by atoms with E-state index in [-0.39, 0.29) is 11.3 Å². The fourth-order valence-electron chi connectivity index (χ4n) is 1.55. The van der Waals surface area contributed by atoms with Crippen LogP contribution in [0.3, 0.4) is 0 Å². The van der Waals surface area contributed by atoms with Gasteiger partial charge in [-0.3, -0.25) is 0 Å². The van der Waals surface area contributed by atoms with E-state index in [2.05, 4.69) is 18.1 Å². The molecule has 2 N–H and O–H groups in total. The number of rotatable bonds is 4. The van der Waals surface area contributed by atoms with Crippen molar-refractivity contribution >= 4 is 11.4 Å². The van der Waals surface area contributed by atoms with Gasteiger partial charge in [0.1, 0.15) is 11.5 Å². The van der Waals surface area contributed by atoms with E-state index < -0.39 is 23.3 Å². The topological polar surface area (TPSA) is 38.9 Å². The number of aromatic nitrogens is 1. The van der Waals surface area contributed by atoms with E-state index in [1.165, 1.54) is 0 Å². The van der Waals surface area contributed by atoms with Gasteiger partial charge in [0.25, 0.3) is 0 Å². The van der Waals surface area contributed by atoms with Gasteiger partial charge in [0.2, 0.25) is 0 Å². The SMILES string of the molecule is C=CC(F)=CC(C(=C)c1nc(N)c(F)cc1F)=C(C)C. The number of hydrogen-bond donors (Lipinski definition) is 1. The minimum atomic E-state index is -0.953. The number of nitrogens with two attached hydrogens (primary N) is 1. The summed E-state index contributed by atoms with van der Waals surface area (Å²) in [5.74, 6) is -2.90. The van der Waals surface area contributed by atoms with Crippen molar-refractivity contribution in [1.82, 2.24) is 4.98 Å². The van der Waals surface area contributed by atoms with Crippen molar-refractivity contribution < 1.29 is 13.2 Å². The molecule has 0 aliphatic carbocycles. The molecule has 5 heteroatoms. The van der Waals surface area contributed by atoms with Crippen LogP contribution < -0.4 is 5.73 Å². The zero-order chi connectivity index (χ0) is 15.4. The van der Waals surface area contributed by atoms with Crippen molar-refractivity contribution in [2.75, 3.05) is 5.73 Å². The number of nitrogens with zero attached hydrogens (tertiary/aromatic N) is 1. The highest BCUT2D eigenvalue weighted by molar-refractivity contribution is 5.80. The summed E-state index contributed by atoms with van der Waals surface area (Å²) in [5.41, 5.74) is 6.26. The third kappa shape index (κ3) is 3.38. The molecule has 0 amide bonds. The molecule has 0 aliphatic heterocycles. The van der Waals surface area contributed by atoms with Gasteiger partial charge < -0.3 is 5.73 Å². The lowest BCUT2D eigenvalue weighted by Crippen LogP contribution is -2.03. The van der Waals surface area contributed by atoms with E-state index in [0.717, 1.165) is 12.2 Å². The predicted molar refractivity (Wildman–Crippen MR) is 75.4 cm³/mol. The largest absolute Gasteiger partial charge is 0.381 e. The maximum Gasteiger partial charge on any atom is 0.168 e. The van der Waals surface area contributed by atoms with Gasteiger partial charge in [-0.05, 0) is 31.6 Å². The van der Waals surface area contributed by atoms with Crippen molar-refractivity contribution in [3.63, 3.8) is 0 Å². The number of halogens is 3. The highest BCUT2D eigenvalue weighted by Crippen LogP contribution is 2.28. The molecule has 1 aromatic rings. The summed E-state index contributed by atoms with van der Waals surface area (Å²) >= 11 is 0. The molecule has 0 saturated heterocycles. The lowest BCUT2D eigenvalue weighted by molar-refractivity contribution is 0.574. The van der Waals surface area contributed by atoms with Crippen LogP contribution in [-0.4, -0.2) is 4.98 Å². The van der Waals surface area contributed by atoms with Crippen LogP contribution in [0.4, 0.5) is 19.0 Å². The Morgan fingerprint density at radius 2 is 1.90 bits per heavy atom. The van der Waals surface area contributed by atoms with Gasteiger partial charge >= 0.3 is 0 Å². The lowest BCUT2D eigenvalue weighted by Gasteiger charge is -2.11.